The first kappa shape index (κ1) is 6.25. The molecule has 0 saturated carbocycles. The first-order valence-corrected chi connectivity index (χ1v) is 4.17. The average molecular weight is 129 g/mol. The SMILES string of the molecule is CCCP=C1CN1C. The van der Waals surface area contributed by atoms with Crippen molar-refractivity contribution >= 4 is 13.6 Å². The molecule has 0 aromatic rings. The first-order valence-electron chi connectivity index (χ1n) is 3.09. The van der Waals surface area contributed by atoms with Gasteiger partial charge in [-0.15, -0.1) is 0 Å². The van der Waals surface area contributed by atoms with Crippen molar-refractivity contribution in [2.24, 2.45) is 0 Å². The van der Waals surface area contributed by atoms with Gasteiger partial charge in [0.25, 0.3) is 0 Å². The van der Waals surface area contributed by atoms with Crippen molar-refractivity contribution in [3.63, 3.8) is 0 Å². The van der Waals surface area contributed by atoms with Crippen LogP contribution in [0.15, 0.2) is 0 Å². The maximum Gasteiger partial charge on any atom is 0.0421 e. The van der Waals surface area contributed by atoms with Crippen LogP contribution in [0, 0.1) is 0 Å². The molecule has 2 heteroatoms. The standard InChI is InChI=1S/C6H12NP/c1-3-4-8-6-5-7(6)2/h3-5H2,1-2H3. The molecule has 0 amide bonds. The van der Waals surface area contributed by atoms with Crippen LogP contribution < -0.4 is 0 Å². The highest BCUT2D eigenvalue weighted by Gasteiger charge is 2.19. The van der Waals surface area contributed by atoms with Gasteiger partial charge in [-0.1, -0.05) is 15.1 Å². The van der Waals surface area contributed by atoms with E-state index in [1.54, 1.807) is 13.6 Å². The molecule has 8 heavy (non-hydrogen) atoms. The van der Waals surface area contributed by atoms with Crippen LogP contribution in [0.2, 0.25) is 0 Å². The van der Waals surface area contributed by atoms with Crippen LogP contribution in [0.25, 0.3) is 0 Å². The lowest BCUT2D eigenvalue weighted by Crippen LogP contribution is -1.81. The summed E-state index contributed by atoms with van der Waals surface area (Å²) in [6, 6.07) is 0. The molecule has 0 aliphatic carbocycles. The predicted molar refractivity (Wildman–Crippen MR) is 39.7 cm³/mol. The Balaban J connectivity index is 2.16. The van der Waals surface area contributed by atoms with E-state index in [0.717, 1.165) is 0 Å². The summed E-state index contributed by atoms with van der Waals surface area (Å²) in [6.45, 7) is 3.48. The van der Waals surface area contributed by atoms with Crippen molar-refractivity contribution in [2.75, 3.05) is 19.8 Å². The minimum atomic E-state index is 1.25. The second kappa shape index (κ2) is 2.61. The molecule has 0 aromatic heterocycles. The number of likely N-dealkylation sites (N-methyl/N-ethyl adjacent to an activating group) is 1. The van der Waals surface area contributed by atoms with E-state index in [-0.39, 0.29) is 0 Å². The van der Waals surface area contributed by atoms with Gasteiger partial charge in [-0.25, -0.2) is 0 Å². The normalized spacial score (nSPS) is 31.2. The molecule has 0 spiro atoms. The first-order chi connectivity index (χ1) is 3.84. The molecule has 1 aliphatic heterocycles. The second-order valence-corrected chi connectivity index (χ2v) is 3.43. The lowest BCUT2D eigenvalue weighted by molar-refractivity contribution is 0.766. The molecule has 1 atom stereocenters. The summed E-state index contributed by atoms with van der Waals surface area (Å²) in [5.41, 5.74) is 1.62. The summed E-state index contributed by atoms with van der Waals surface area (Å²) in [5.74, 6) is 0. The Hall–Kier alpha value is 0.130. The highest BCUT2D eigenvalue weighted by atomic mass is 31.1. The third-order valence-electron chi connectivity index (χ3n) is 1.23. The summed E-state index contributed by atoms with van der Waals surface area (Å²) < 4.78 is 0. The van der Waals surface area contributed by atoms with Crippen molar-refractivity contribution < 1.29 is 0 Å². The summed E-state index contributed by atoms with van der Waals surface area (Å²) in [4.78, 5) is 2.30. The lowest BCUT2D eigenvalue weighted by Gasteiger charge is -1.79. The molecule has 1 heterocycles. The van der Waals surface area contributed by atoms with Crippen molar-refractivity contribution in [1.29, 1.82) is 0 Å². The van der Waals surface area contributed by atoms with Gasteiger partial charge >= 0.3 is 0 Å². The van der Waals surface area contributed by atoms with Gasteiger partial charge in [0.15, 0.2) is 0 Å². The van der Waals surface area contributed by atoms with E-state index in [0.29, 0.717) is 0 Å². The van der Waals surface area contributed by atoms with Crippen LogP contribution in [-0.2, 0) is 0 Å². The molecule has 1 fully saturated rings. The van der Waals surface area contributed by atoms with Gasteiger partial charge < -0.3 is 0 Å². The molecular weight excluding hydrogens is 117 g/mol. The zero-order valence-electron chi connectivity index (χ0n) is 5.52. The number of nitrogens with zero attached hydrogens (tertiary/aromatic N) is 1. The Morgan fingerprint density at radius 2 is 2.38 bits per heavy atom. The topological polar surface area (TPSA) is 3.01 Å². The van der Waals surface area contributed by atoms with Gasteiger partial charge in [-0.2, -0.15) is 0 Å². The third-order valence-corrected chi connectivity index (χ3v) is 2.75. The smallest absolute Gasteiger partial charge is 0.0421 e. The van der Waals surface area contributed by atoms with Gasteiger partial charge in [0, 0.05) is 12.0 Å². The molecular formula is C6H12NP. The summed E-state index contributed by atoms with van der Waals surface area (Å²) in [5, 5.41) is 0. The van der Waals surface area contributed by atoms with Crippen LogP contribution in [0.4, 0.5) is 0 Å². The monoisotopic (exact) mass is 129 g/mol. The Morgan fingerprint density at radius 1 is 1.75 bits per heavy atom. The minimum absolute atomic E-state index is 1.25. The van der Waals surface area contributed by atoms with Gasteiger partial charge in [0.1, 0.15) is 0 Å². The summed E-state index contributed by atoms with van der Waals surface area (Å²) in [7, 11) is 3.71. The zero-order valence-corrected chi connectivity index (χ0v) is 6.41. The Bertz CT molecular complexity index is 109. The molecule has 1 unspecified atom stereocenters. The molecule has 1 saturated heterocycles. The fourth-order valence-corrected chi connectivity index (χ4v) is 1.62. The van der Waals surface area contributed by atoms with Crippen LogP contribution in [0.3, 0.4) is 0 Å². The van der Waals surface area contributed by atoms with Gasteiger partial charge in [0.2, 0.25) is 0 Å². The molecule has 0 bridgehead atoms. The van der Waals surface area contributed by atoms with E-state index >= 15 is 0 Å². The molecule has 1 nitrogen and oxygen atoms in total. The van der Waals surface area contributed by atoms with Crippen molar-refractivity contribution in [3.05, 3.63) is 0 Å². The Labute approximate surface area is 52.5 Å². The third kappa shape index (κ3) is 1.57. The Kier molecular flexibility index (Phi) is 2.04. The van der Waals surface area contributed by atoms with Gasteiger partial charge in [0.05, 0.1) is 0 Å². The lowest BCUT2D eigenvalue weighted by atomic mass is 10.6. The number of hydrogen-bond acceptors (Lipinski definition) is 0. The zero-order chi connectivity index (χ0) is 5.98. The van der Waals surface area contributed by atoms with Crippen LogP contribution >= 0.6 is 8.20 Å². The molecule has 1 rings (SSSR count). The summed E-state index contributed by atoms with van der Waals surface area (Å²) >= 11 is 0. The van der Waals surface area contributed by atoms with E-state index in [1.165, 1.54) is 19.1 Å². The minimum Gasteiger partial charge on any atom is -0.271 e. The van der Waals surface area contributed by atoms with Crippen molar-refractivity contribution in [3.8, 4) is 0 Å². The molecule has 1 aliphatic rings. The van der Waals surface area contributed by atoms with Crippen molar-refractivity contribution in [2.45, 2.75) is 13.3 Å². The van der Waals surface area contributed by atoms with Gasteiger partial charge in [-0.3, -0.25) is 4.90 Å². The quantitative estimate of drug-likeness (QED) is 0.402. The second-order valence-electron chi connectivity index (χ2n) is 2.15. The maximum atomic E-state index is 2.30. The number of hydrogen-bond donors (Lipinski definition) is 0. The van der Waals surface area contributed by atoms with Crippen LogP contribution in [-0.4, -0.2) is 30.1 Å². The number of rotatable bonds is 2. The molecule has 0 N–H and O–H groups in total. The van der Waals surface area contributed by atoms with Crippen LogP contribution in [0.1, 0.15) is 13.3 Å². The highest BCUT2D eigenvalue weighted by molar-refractivity contribution is 7.41. The maximum absolute atomic E-state index is 2.30. The highest BCUT2D eigenvalue weighted by Crippen LogP contribution is 2.15. The molecule has 0 radical (unpaired) electrons. The predicted octanol–water partition coefficient (Wildman–Crippen LogP) is 1.42. The van der Waals surface area contributed by atoms with E-state index in [4.69, 9.17) is 0 Å². The van der Waals surface area contributed by atoms with E-state index in [1.807, 2.05) is 0 Å². The fourth-order valence-electron chi connectivity index (χ4n) is 0.588. The fraction of sp³-hybridized carbons (Fsp3) is 0.833. The molecule has 46 valence electrons. The summed E-state index contributed by atoms with van der Waals surface area (Å²) in [6.07, 6.45) is 2.67. The average Bonchev–Trinajstić information content (AvgIpc) is 2.42. The van der Waals surface area contributed by atoms with Gasteiger partial charge in [-0.05, 0) is 19.6 Å². The van der Waals surface area contributed by atoms with Crippen molar-refractivity contribution in [1.82, 2.24) is 4.90 Å². The Morgan fingerprint density at radius 3 is 2.75 bits per heavy atom. The molecule has 0 aromatic carbocycles. The van der Waals surface area contributed by atoms with E-state index in [9.17, 15) is 0 Å². The van der Waals surface area contributed by atoms with E-state index < -0.39 is 0 Å². The van der Waals surface area contributed by atoms with E-state index in [2.05, 4.69) is 18.9 Å². The largest absolute Gasteiger partial charge is 0.271 e. The van der Waals surface area contributed by atoms with Crippen LogP contribution in [0.5, 0.6) is 0 Å².